The van der Waals surface area contributed by atoms with Gasteiger partial charge in [-0.3, -0.25) is 4.79 Å². The summed E-state index contributed by atoms with van der Waals surface area (Å²) in [6.07, 6.45) is -3.29. The molecular formula is C13H13BrF3NO2. The summed E-state index contributed by atoms with van der Waals surface area (Å²) in [4.78, 5) is 13.6. The normalized spacial score (nSPS) is 19.4. The van der Waals surface area contributed by atoms with Crippen molar-refractivity contribution >= 4 is 21.8 Å². The van der Waals surface area contributed by atoms with Crippen LogP contribution in [0.2, 0.25) is 0 Å². The quantitative estimate of drug-likeness (QED) is 0.889. The number of alkyl halides is 3. The molecule has 1 amide bonds. The lowest BCUT2D eigenvalue weighted by Crippen LogP contribution is -2.38. The summed E-state index contributed by atoms with van der Waals surface area (Å²) in [6.45, 7) is 0.140. The smallest absolute Gasteiger partial charge is 0.394 e. The van der Waals surface area contributed by atoms with Gasteiger partial charge >= 0.3 is 6.18 Å². The monoisotopic (exact) mass is 351 g/mol. The van der Waals surface area contributed by atoms with Gasteiger partial charge in [-0.2, -0.15) is 13.2 Å². The van der Waals surface area contributed by atoms with Crippen molar-refractivity contribution in [3.63, 3.8) is 0 Å². The maximum Gasteiger partial charge on any atom is 0.417 e. The lowest BCUT2D eigenvalue weighted by Gasteiger charge is -2.24. The molecule has 1 aromatic carbocycles. The largest absolute Gasteiger partial charge is 0.417 e. The molecule has 0 aliphatic carbocycles. The Hall–Kier alpha value is -1.08. The number of amides is 1. The van der Waals surface area contributed by atoms with E-state index in [1.54, 1.807) is 0 Å². The molecule has 1 heterocycles. The number of nitrogens with zero attached hydrogens (tertiary/aromatic N) is 1. The van der Waals surface area contributed by atoms with Crippen LogP contribution in [-0.4, -0.2) is 35.1 Å². The molecule has 0 spiro atoms. The van der Waals surface area contributed by atoms with Gasteiger partial charge in [0.2, 0.25) is 0 Å². The van der Waals surface area contributed by atoms with Gasteiger partial charge in [-0.25, -0.2) is 0 Å². The van der Waals surface area contributed by atoms with Crippen molar-refractivity contribution in [2.24, 2.45) is 0 Å². The van der Waals surface area contributed by atoms with Crippen LogP contribution in [0.4, 0.5) is 13.2 Å². The highest BCUT2D eigenvalue weighted by Gasteiger charge is 2.38. The van der Waals surface area contributed by atoms with Crippen LogP contribution in [0.5, 0.6) is 0 Å². The van der Waals surface area contributed by atoms with E-state index in [0.29, 0.717) is 19.4 Å². The van der Waals surface area contributed by atoms with E-state index in [1.807, 2.05) is 0 Å². The van der Waals surface area contributed by atoms with Gasteiger partial charge in [-0.1, -0.05) is 15.9 Å². The molecular weight excluding hydrogens is 339 g/mol. The molecule has 1 aliphatic rings. The van der Waals surface area contributed by atoms with Crippen LogP contribution in [0.1, 0.15) is 28.8 Å². The zero-order valence-corrected chi connectivity index (χ0v) is 12.0. The minimum Gasteiger partial charge on any atom is -0.394 e. The van der Waals surface area contributed by atoms with Gasteiger partial charge in [0.15, 0.2) is 0 Å². The van der Waals surface area contributed by atoms with Gasteiger partial charge in [0.25, 0.3) is 5.91 Å². The molecule has 1 N–H and O–H groups in total. The topological polar surface area (TPSA) is 40.5 Å². The van der Waals surface area contributed by atoms with E-state index in [1.165, 1.54) is 17.0 Å². The Balaban J connectivity index is 2.39. The van der Waals surface area contributed by atoms with Gasteiger partial charge in [-0.05, 0) is 31.0 Å². The third kappa shape index (κ3) is 2.98. The van der Waals surface area contributed by atoms with Crippen molar-refractivity contribution in [3.8, 4) is 0 Å². The average molecular weight is 352 g/mol. The molecule has 1 fully saturated rings. The summed E-state index contributed by atoms with van der Waals surface area (Å²) in [5.41, 5.74) is -1.33. The minimum atomic E-state index is -4.59. The first-order valence-electron chi connectivity index (χ1n) is 6.13. The molecule has 1 aromatic rings. The third-order valence-corrected chi connectivity index (χ3v) is 3.86. The predicted molar refractivity (Wildman–Crippen MR) is 70.3 cm³/mol. The molecule has 0 saturated carbocycles. The number of hydrogen-bond acceptors (Lipinski definition) is 2. The van der Waals surface area contributed by atoms with Crippen molar-refractivity contribution in [2.45, 2.75) is 25.1 Å². The Morgan fingerprint density at radius 1 is 1.45 bits per heavy atom. The number of rotatable bonds is 2. The van der Waals surface area contributed by atoms with Crippen LogP contribution >= 0.6 is 15.9 Å². The summed E-state index contributed by atoms with van der Waals surface area (Å²) in [7, 11) is 0. The number of likely N-dealkylation sites (tertiary alicyclic amines) is 1. The standard InChI is InChI=1S/C13H13BrF3NO2/c14-8-3-4-10(11(6-8)13(15,16)17)12(20)18-5-1-2-9(18)7-19/h3-4,6,9,19H,1-2,5,7H2. The molecule has 1 atom stereocenters. The van der Waals surface area contributed by atoms with E-state index < -0.39 is 23.7 Å². The Kier molecular flexibility index (Phi) is 4.39. The third-order valence-electron chi connectivity index (χ3n) is 3.37. The zero-order valence-electron chi connectivity index (χ0n) is 10.5. The maximum atomic E-state index is 13.0. The number of aliphatic hydroxyl groups is 1. The predicted octanol–water partition coefficient (Wildman–Crippen LogP) is 3.06. The lowest BCUT2D eigenvalue weighted by molar-refractivity contribution is -0.138. The molecule has 0 bridgehead atoms. The van der Waals surface area contributed by atoms with Crippen molar-refractivity contribution in [1.82, 2.24) is 4.90 Å². The fourth-order valence-electron chi connectivity index (χ4n) is 2.39. The highest BCUT2D eigenvalue weighted by atomic mass is 79.9. The summed E-state index contributed by atoms with van der Waals surface area (Å²) in [6, 6.07) is 3.08. The molecule has 110 valence electrons. The number of halogens is 4. The first-order chi connectivity index (χ1) is 9.34. The Labute approximate surface area is 122 Å². The van der Waals surface area contributed by atoms with E-state index in [0.717, 1.165) is 6.07 Å². The number of carbonyl (C=O) groups is 1. The van der Waals surface area contributed by atoms with E-state index in [4.69, 9.17) is 0 Å². The second-order valence-electron chi connectivity index (χ2n) is 4.66. The van der Waals surface area contributed by atoms with Crippen molar-refractivity contribution in [2.75, 3.05) is 13.2 Å². The van der Waals surface area contributed by atoms with E-state index in [9.17, 15) is 23.1 Å². The molecule has 1 aliphatic heterocycles. The van der Waals surface area contributed by atoms with Crippen LogP contribution in [0.3, 0.4) is 0 Å². The second kappa shape index (κ2) is 5.73. The molecule has 1 unspecified atom stereocenters. The number of benzene rings is 1. The second-order valence-corrected chi connectivity index (χ2v) is 5.58. The zero-order chi connectivity index (χ0) is 14.9. The van der Waals surface area contributed by atoms with Crippen molar-refractivity contribution < 1.29 is 23.1 Å². The summed E-state index contributed by atoms with van der Waals surface area (Å²) in [5, 5.41) is 9.18. The van der Waals surface area contributed by atoms with E-state index in [2.05, 4.69) is 15.9 Å². The van der Waals surface area contributed by atoms with Gasteiger partial charge in [0, 0.05) is 11.0 Å². The summed E-state index contributed by atoms with van der Waals surface area (Å²) < 4.78 is 39.3. The fourth-order valence-corrected chi connectivity index (χ4v) is 2.75. The van der Waals surface area contributed by atoms with Crippen molar-refractivity contribution in [1.29, 1.82) is 0 Å². The molecule has 20 heavy (non-hydrogen) atoms. The van der Waals surface area contributed by atoms with E-state index >= 15 is 0 Å². The van der Waals surface area contributed by atoms with Gasteiger partial charge in [0.05, 0.1) is 23.8 Å². The Bertz CT molecular complexity index is 519. The summed E-state index contributed by atoms with van der Waals surface area (Å²) in [5.74, 6) is -0.679. The first kappa shape index (κ1) is 15.3. The van der Waals surface area contributed by atoms with E-state index in [-0.39, 0.29) is 16.6 Å². The number of hydrogen-bond donors (Lipinski definition) is 1. The highest BCUT2D eigenvalue weighted by molar-refractivity contribution is 9.10. The first-order valence-corrected chi connectivity index (χ1v) is 6.92. The van der Waals surface area contributed by atoms with Gasteiger partial charge < -0.3 is 10.0 Å². The molecule has 3 nitrogen and oxygen atoms in total. The molecule has 0 radical (unpaired) electrons. The molecule has 0 aromatic heterocycles. The van der Waals surface area contributed by atoms with Gasteiger partial charge in [-0.15, -0.1) is 0 Å². The van der Waals surface area contributed by atoms with Crippen LogP contribution in [0, 0.1) is 0 Å². The molecule has 1 saturated heterocycles. The summed E-state index contributed by atoms with van der Waals surface area (Å²) >= 11 is 2.98. The van der Waals surface area contributed by atoms with Crippen LogP contribution in [0.25, 0.3) is 0 Å². The molecule has 2 rings (SSSR count). The van der Waals surface area contributed by atoms with Crippen LogP contribution in [-0.2, 0) is 6.18 Å². The number of aliphatic hydroxyl groups excluding tert-OH is 1. The van der Waals surface area contributed by atoms with Crippen LogP contribution in [0.15, 0.2) is 22.7 Å². The SMILES string of the molecule is O=C(c1ccc(Br)cc1C(F)(F)F)N1CCCC1CO. The Morgan fingerprint density at radius 2 is 2.15 bits per heavy atom. The van der Waals surface area contributed by atoms with Crippen LogP contribution < -0.4 is 0 Å². The number of carbonyl (C=O) groups excluding carboxylic acids is 1. The van der Waals surface area contributed by atoms with Crippen molar-refractivity contribution in [3.05, 3.63) is 33.8 Å². The Morgan fingerprint density at radius 3 is 2.75 bits per heavy atom. The maximum absolute atomic E-state index is 13.0. The lowest BCUT2D eigenvalue weighted by atomic mass is 10.1. The molecule has 7 heteroatoms. The fraction of sp³-hybridized carbons (Fsp3) is 0.462. The average Bonchev–Trinajstić information content (AvgIpc) is 2.85. The van der Waals surface area contributed by atoms with Gasteiger partial charge in [0.1, 0.15) is 0 Å². The highest BCUT2D eigenvalue weighted by Crippen LogP contribution is 2.35. The minimum absolute atomic E-state index is 0.233.